The van der Waals surface area contributed by atoms with Gasteiger partial charge in [-0.05, 0) is 30.5 Å². The summed E-state index contributed by atoms with van der Waals surface area (Å²) in [6.07, 6.45) is 0.991. The number of carbonyl (C=O) groups is 3. The normalized spacial score (nSPS) is 13.8. The second-order valence-corrected chi connectivity index (χ2v) is 5.98. The van der Waals surface area contributed by atoms with Gasteiger partial charge >= 0.3 is 5.97 Å². The van der Waals surface area contributed by atoms with Gasteiger partial charge in [-0.2, -0.15) is 0 Å². The number of imide groups is 1. The average molecular weight is 337 g/mol. The Kier molecular flexibility index (Phi) is 4.40. The standard InChI is InChI=1S/C20H19NO4/c1-3-20(4-2,14-10-6-5-7-11-14)19(24)25-21-17(22)15-12-8-9-13-16(15)18(21)23/h5-13H,3-4H2,1-2H3. The third-order valence-electron chi connectivity index (χ3n) is 4.86. The first-order valence-corrected chi connectivity index (χ1v) is 8.31. The van der Waals surface area contributed by atoms with Gasteiger partial charge in [0.25, 0.3) is 11.8 Å². The zero-order valence-corrected chi connectivity index (χ0v) is 14.2. The summed E-state index contributed by atoms with van der Waals surface area (Å²) in [6.45, 7) is 3.78. The molecule has 3 rings (SSSR count). The maximum Gasteiger partial charge on any atom is 0.343 e. The zero-order chi connectivity index (χ0) is 18.0. The minimum Gasteiger partial charge on any atom is -0.329 e. The highest BCUT2D eigenvalue weighted by Crippen LogP contribution is 2.34. The van der Waals surface area contributed by atoms with Crippen molar-refractivity contribution in [3.8, 4) is 0 Å². The van der Waals surface area contributed by atoms with Crippen molar-refractivity contribution < 1.29 is 19.2 Å². The fourth-order valence-electron chi connectivity index (χ4n) is 3.24. The highest BCUT2D eigenvalue weighted by molar-refractivity contribution is 6.21. The topological polar surface area (TPSA) is 63.7 Å². The second kappa shape index (κ2) is 6.51. The lowest BCUT2D eigenvalue weighted by Crippen LogP contribution is -2.42. The van der Waals surface area contributed by atoms with Crippen LogP contribution < -0.4 is 0 Å². The van der Waals surface area contributed by atoms with E-state index in [2.05, 4.69) is 0 Å². The molecule has 0 bridgehead atoms. The number of carbonyl (C=O) groups excluding carboxylic acids is 3. The number of fused-ring (bicyclic) bond motifs is 1. The molecule has 0 aromatic heterocycles. The number of amides is 2. The van der Waals surface area contributed by atoms with Crippen molar-refractivity contribution in [3.63, 3.8) is 0 Å². The molecule has 1 heterocycles. The van der Waals surface area contributed by atoms with Crippen LogP contribution in [0, 0.1) is 0 Å². The molecule has 2 aromatic rings. The van der Waals surface area contributed by atoms with Crippen LogP contribution in [0.15, 0.2) is 54.6 Å². The van der Waals surface area contributed by atoms with Crippen LogP contribution in [0.25, 0.3) is 0 Å². The van der Waals surface area contributed by atoms with Crippen molar-refractivity contribution in [3.05, 3.63) is 71.3 Å². The average Bonchev–Trinajstić information content (AvgIpc) is 2.89. The van der Waals surface area contributed by atoms with E-state index < -0.39 is 23.2 Å². The van der Waals surface area contributed by atoms with Crippen LogP contribution in [0.3, 0.4) is 0 Å². The first-order chi connectivity index (χ1) is 12.0. The van der Waals surface area contributed by atoms with Gasteiger partial charge in [-0.25, -0.2) is 4.79 Å². The molecule has 0 spiro atoms. The van der Waals surface area contributed by atoms with E-state index in [1.54, 1.807) is 24.3 Å². The Morgan fingerprint density at radius 3 is 1.84 bits per heavy atom. The van der Waals surface area contributed by atoms with E-state index in [1.165, 1.54) is 0 Å². The summed E-state index contributed by atoms with van der Waals surface area (Å²) in [5, 5.41) is 0.579. The molecule has 0 saturated carbocycles. The summed E-state index contributed by atoms with van der Waals surface area (Å²) in [5.41, 5.74) is 0.398. The van der Waals surface area contributed by atoms with Crippen LogP contribution in [0.5, 0.6) is 0 Å². The van der Waals surface area contributed by atoms with Crippen LogP contribution in [0.2, 0.25) is 0 Å². The third-order valence-corrected chi connectivity index (χ3v) is 4.86. The number of hydrogen-bond donors (Lipinski definition) is 0. The molecule has 1 aliphatic rings. The van der Waals surface area contributed by atoms with Gasteiger partial charge in [-0.3, -0.25) is 9.59 Å². The predicted molar refractivity (Wildman–Crippen MR) is 91.7 cm³/mol. The van der Waals surface area contributed by atoms with Crippen molar-refractivity contribution in [2.75, 3.05) is 0 Å². The molecule has 0 atom stereocenters. The molecule has 0 radical (unpaired) electrons. The van der Waals surface area contributed by atoms with Crippen molar-refractivity contribution in [1.29, 1.82) is 0 Å². The summed E-state index contributed by atoms with van der Waals surface area (Å²) in [7, 11) is 0. The summed E-state index contributed by atoms with van der Waals surface area (Å²) >= 11 is 0. The minimum atomic E-state index is -0.906. The first kappa shape index (κ1) is 16.9. The maximum atomic E-state index is 13.0. The van der Waals surface area contributed by atoms with Crippen molar-refractivity contribution in [1.82, 2.24) is 5.06 Å². The number of hydrogen-bond acceptors (Lipinski definition) is 4. The van der Waals surface area contributed by atoms with Crippen LogP contribution in [-0.4, -0.2) is 22.8 Å². The molecule has 25 heavy (non-hydrogen) atoms. The van der Waals surface area contributed by atoms with E-state index in [-0.39, 0.29) is 11.1 Å². The van der Waals surface area contributed by atoms with E-state index in [9.17, 15) is 14.4 Å². The lowest BCUT2D eigenvalue weighted by molar-refractivity contribution is -0.176. The summed E-state index contributed by atoms with van der Waals surface area (Å²) in [4.78, 5) is 43.1. The quantitative estimate of drug-likeness (QED) is 0.783. The Morgan fingerprint density at radius 2 is 1.36 bits per heavy atom. The highest BCUT2D eigenvalue weighted by Gasteiger charge is 2.44. The monoisotopic (exact) mass is 337 g/mol. The second-order valence-electron chi connectivity index (χ2n) is 5.98. The summed E-state index contributed by atoms with van der Waals surface area (Å²) in [6, 6.07) is 15.7. The molecular weight excluding hydrogens is 318 g/mol. The molecule has 2 aromatic carbocycles. The number of nitrogens with zero attached hydrogens (tertiary/aromatic N) is 1. The van der Waals surface area contributed by atoms with Gasteiger partial charge in [0.1, 0.15) is 0 Å². The highest BCUT2D eigenvalue weighted by atomic mass is 16.7. The van der Waals surface area contributed by atoms with Gasteiger partial charge in [0.2, 0.25) is 0 Å². The van der Waals surface area contributed by atoms with Crippen LogP contribution in [-0.2, 0) is 15.0 Å². The molecule has 128 valence electrons. The summed E-state index contributed by atoms with van der Waals surface area (Å²) in [5.74, 6) is -1.82. The Balaban J connectivity index is 1.91. The molecule has 1 aliphatic heterocycles. The molecule has 0 fully saturated rings. The van der Waals surface area contributed by atoms with E-state index >= 15 is 0 Å². The molecule has 0 aliphatic carbocycles. The molecule has 5 heteroatoms. The molecule has 2 amide bonds. The SMILES string of the molecule is CCC(CC)(C(=O)ON1C(=O)c2ccccc2C1=O)c1ccccc1. The maximum absolute atomic E-state index is 13.0. The number of hydroxylamine groups is 2. The smallest absolute Gasteiger partial charge is 0.329 e. The van der Waals surface area contributed by atoms with Crippen molar-refractivity contribution in [2.24, 2.45) is 0 Å². The first-order valence-electron chi connectivity index (χ1n) is 8.31. The summed E-state index contributed by atoms with van der Waals surface area (Å²) < 4.78 is 0. The van der Waals surface area contributed by atoms with Crippen LogP contribution in [0.1, 0.15) is 53.0 Å². The van der Waals surface area contributed by atoms with Gasteiger partial charge in [-0.15, -0.1) is 0 Å². The fraction of sp³-hybridized carbons (Fsp3) is 0.250. The zero-order valence-electron chi connectivity index (χ0n) is 14.2. The lowest BCUT2D eigenvalue weighted by atomic mass is 9.76. The van der Waals surface area contributed by atoms with E-state index in [0.717, 1.165) is 5.56 Å². The van der Waals surface area contributed by atoms with Gasteiger partial charge in [-0.1, -0.05) is 61.4 Å². The predicted octanol–water partition coefficient (Wildman–Crippen LogP) is 3.50. The molecule has 0 saturated heterocycles. The van der Waals surface area contributed by atoms with Gasteiger partial charge in [0.15, 0.2) is 0 Å². The van der Waals surface area contributed by atoms with E-state index in [4.69, 9.17) is 4.84 Å². The Bertz CT molecular complexity index is 790. The Morgan fingerprint density at radius 1 is 0.880 bits per heavy atom. The number of rotatable bonds is 5. The molecule has 5 nitrogen and oxygen atoms in total. The van der Waals surface area contributed by atoms with Crippen LogP contribution in [0.4, 0.5) is 0 Å². The van der Waals surface area contributed by atoms with Gasteiger partial charge in [0, 0.05) is 0 Å². The molecule has 0 unspecified atom stereocenters. The van der Waals surface area contributed by atoms with Crippen LogP contribution >= 0.6 is 0 Å². The Hall–Kier alpha value is -2.95. The Labute approximate surface area is 146 Å². The minimum absolute atomic E-state index is 0.249. The van der Waals surface area contributed by atoms with E-state index in [0.29, 0.717) is 17.9 Å². The molecule has 0 N–H and O–H groups in total. The van der Waals surface area contributed by atoms with Gasteiger partial charge < -0.3 is 4.84 Å². The lowest BCUT2D eigenvalue weighted by Gasteiger charge is -2.30. The third kappa shape index (κ3) is 2.61. The fourth-order valence-corrected chi connectivity index (χ4v) is 3.24. The number of benzene rings is 2. The van der Waals surface area contributed by atoms with E-state index in [1.807, 2.05) is 44.2 Å². The largest absolute Gasteiger partial charge is 0.343 e. The van der Waals surface area contributed by atoms with Crippen molar-refractivity contribution >= 4 is 17.8 Å². The molecular formula is C20H19NO4. The van der Waals surface area contributed by atoms with Crippen molar-refractivity contribution in [2.45, 2.75) is 32.1 Å². The van der Waals surface area contributed by atoms with Gasteiger partial charge in [0.05, 0.1) is 16.5 Å².